The van der Waals surface area contributed by atoms with Crippen molar-refractivity contribution < 1.29 is 14.3 Å². The van der Waals surface area contributed by atoms with Gasteiger partial charge in [-0.25, -0.2) is 0 Å². The van der Waals surface area contributed by atoms with Crippen LogP contribution in [0.5, 0.6) is 0 Å². The zero-order valence-corrected chi connectivity index (χ0v) is 10.1. The van der Waals surface area contributed by atoms with E-state index in [4.69, 9.17) is 4.74 Å². The maximum absolute atomic E-state index is 12.1. The summed E-state index contributed by atoms with van der Waals surface area (Å²) in [5.41, 5.74) is 0. The normalized spacial score (nSPS) is 40.4. The summed E-state index contributed by atoms with van der Waals surface area (Å²) in [5, 5.41) is 0. The van der Waals surface area contributed by atoms with Gasteiger partial charge in [-0.15, -0.1) is 0 Å². The van der Waals surface area contributed by atoms with Crippen LogP contribution in [0.4, 0.5) is 0 Å². The van der Waals surface area contributed by atoms with Crippen molar-refractivity contribution >= 4 is 11.6 Å². The van der Waals surface area contributed by atoms with Gasteiger partial charge in [-0.2, -0.15) is 0 Å². The molecule has 0 heterocycles. The molecule has 90 valence electrons. The first-order valence-corrected chi connectivity index (χ1v) is 6.21. The Morgan fingerprint density at radius 3 is 2.50 bits per heavy atom. The third-order valence-electron chi connectivity index (χ3n) is 4.04. The van der Waals surface area contributed by atoms with Crippen LogP contribution in [0.15, 0.2) is 0 Å². The Kier molecular flexibility index (Phi) is 3.43. The van der Waals surface area contributed by atoms with E-state index in [1.54, 1.807) is 7.11 Å². The van der Waals surface area contributed by atoms with Gasteiger partial charge in [-0.1, -0.05) is 13.3 Å². The van der Waals surface area contributed by atoms with Crippen LogP contribution in [-0.2, 0) is 14.3 Å². The standard InChI is InChI=1S/C13H20O3/c1-8-6-11(14)9-4-3-5-10(9)13(16-2)12(15)7-8/h8-10,13H,3-7H2,1-2H3/t8-,9-,10-,13+/m1/s1. The summed E-state index contributed by atoms with van der Waals surface area (Å²) in [6.07, 6.45) is 3.71. The second-order valence-corrected chi connectivity index (χ2v) is 5.30. The number of fused-ring (bicyclic) bond motifs is 1. The van der Waals surface area contributed by atoms with Crippen molar-refractivity contribution in [3.05, 3.63) is 0 Å². The van der Waals surface area contributed by atoms with E-state index < -0.39 is 0 Å². The largest absolute Gasteiger partial charge is 0.373 e. The van der Waals surface area contributed by atoms with Crippen LogP contribution in [0.25, 0.3) is 0 Å². The highest BCUT2D eigenvalue weighted by Gasteiger charge is 2.43. The molecule has 2 aliphatic carbocycles. The fourth-order valence-corrected chi connectivity index (χ4v) is 3.32. The maximum Gasteiger partial charge on any atom is 0.162 e. The van der Waals surface area contributed by atoms with Crippen LogP contribution >= 0.6 is 0 Å². The van der Waals surface area contributed by atoms with E-state index in [1.807, 2.05) is 6.92 Å². The van der Waals surface area contributed by atoms with Crippen molar-refractivity contribution in [2.24, 2.45) is 17.8 Å². The highest BCUT2D eigenvalue weighted by atomic mass is 16.5. The molecule has 2 fully saturated rings. The smallest absolute Gasteiger partial charge is 0.162 e. The number of hydrogen-bond donors (Lipinski definition) is 0. The first-order valence-electron chi connectivity index (χ1n) is 6.21. The molecule has 0 radical (unpaired) electrons. The highest BCUT2D eigenvalue weighted by Crippen LogP contribution is 2.39. The summed E-state index contributed by atoms with van der Waals surface area (Å²) in [6.45, 7) is 1.98. The molecule has 0 amide bonds. The van der Waals surface area contributed by atoms with E-state index in [-0.39, 0.29) is 29.6 Å². The summed E-state index contributed by atoms with van der Waals surface area (Å²) in [4.78, 5) is 24.1. The third kappa shape index (κ3) is 2.05. The minimum atomic E-state index is -0.334. The Hall–Kier alpha value is -0.700. The molecule has 16 heavy (non-hydrogen) atoms. The monoisotopic (exact) mass is 224 g/mol. The zero-order valence-electron chi connectivity index (χ0n) is 10.1. The summed E-state index contributed by atoms with van der Waals surface area (Å²) in [6, 6.07) is 0. The second kappa shape index (κ2) is 4.66. The van der Waals surface area contributed by atoms with Gasteiger partial charge in [0.15, 0.2) is 5.78 Å². The maximum atomic E-state index is 12.1. The number of methoxy groups -OCH3 is 1. The van der Waals surface area contributed by atoms with Crippen LogP contribution in [0, 0.1) is 17.8 Å². The quantitative estimate of drug-likeness (QED) is 0.684. The van der Waals surface area contributed by atoms with Crippen molar-refractivity contribution in [3.8, 4) is 0 Å². The molecule has 0 aromatic heterocycles. The van der Waals surface area contributed by atoms with E-state index in [9.17, 15) is 9.59 Å². The number of rotatable bonds is 1. The topological polar surface area (TPSA) is 43.4 Å². The van der Waals surface area contributed by atoms with Crippen LogP contribution in [0.3, 0.4) is 0 Å². The molecule has 0 bridgehead atoms. The van der Waals surface area contributed by atoms with E-state index >= 15 is 0 Å². The van der Waals surface area contributed by atoms with Crippen molar-refractivity contribution in [1.82, 2.24) is 0 Å². The summed E-state index contributed by atoms with van der Waals surface area (Å²) < 4.78 is 5.35. The van der Waals surface area contributed by atoms with Gasteiger partial charge < -0.3 is 4.74 Å². The fourth-order valence-electron chi connectivity index (χ4n) is 3.32. The molecule has 0 unspecified atom stereocenters. The molecule has 0 spiro atoms. The summed E-state index contributed by atoms with van der Waals surface area (Å²) >= 11 is 0. The lowest BCUT2D eigenvalue weighted by molar-refractivity contribution is -0.139. The average molecular weight is 224 g/mol. The van der Waals surface area contributed by atoms with Gasteiger partial charge in [-0.05, 0) is 18.8 Å². The number of carbonyl (C=O) groups is 2. The first kappa shape index (κ1) is 11.8. The van der Waals surface area contributed by atoms with E-state index in [0.29, 0.717) is 18.6 Å². The average Bonchev–Trinajstić information content (AvgIpc) is 2.65. The van der Waals surface area contributed by atoms with Gasteiger partial charge in [0, 0.05) is 31.8 Å². The van der Waals surface area contributed by atoms with Gasteiger partial charge in [0.1, 0.15) is 11.9 Å². The second-order valence-electron chi connectivity index (χ2n) is 5.30. The summed E-state index contributed by atoms with van der Waals surface area (Å²) in [5.74, 6) is 0.956. The van der Waals surface area contributed by atoms with Gasteiger partial charge in [0.05, 0.1) is 0 Å². The van der Waals surface area contributed by atoms with Crippen molar-refractivity contribution in [1.29, 1.82) is 0 Å². The van der Waals surface area contributed by atoms with E-state index in [2.05, 4.69) is 0 Å². The van der Waals surface area contributed by atoms with Crippen molar-refractivity contribution in [2.45, 2.75) is 45.1 Å². The Morgan fingerprint density at radius 2 is 1.81 bits per heavy atom. The van der Waals surface area contributed by atoms with Gasteiger partial charge in [0.25, 0.3) is 0 Å². The third-order valence-corrected chi connectivity index (χ3v) is 4.04. The Bertz CT molecular complexity index is 298. The lowest BCUT2D eigenvalue weighted by Gasteiger charge is -2.30. The molecule has 2 saturated carbocycles. The van der Waals surface area contributed by atoms with Gasteiger partial charge >= 0.3 is 0 Å². The molecule has 0 aliphatic heterocycles. The Balaban J connectivity index is 2.23. The number of ketones is 2. The molecule has 0 saturated heterocycles. The lowest BCUT2D eigenvalue weighted by atomic mass is 9.78. The first-order chi connectivity index (χ1) is 7.63. The van der Waals surface area contributed by atoms with Crippen molar-refractivity contribution in [3.63, 3.8) is 0 Å². The molecule has 3 nitrogen and oxygen atoms in total. The molecule has 2 aliphatic rings. The van der Waals surface area contributed by atoms with Gasteiger partial charge in [0.2, 0.25) is 0 Å². The van der Waals surface area contributed by atoms with Crippen LogP contribution in [-0.4, -0.2) is 24.8 Å². The number of hydrogen-bond acceptors (Lipinski definition) is 3. The lowest BCUT2D eigenvalue weighted by Crippen LogP contribution is -2.39. The summed E-state index contributed by atoms with van der Waals surface area (Å²) in [7, 11) is 1.59. The van der Waals surface area contributed by atoms with Crippen LogP contribution < -0.4 is 0 Å². The number of Topliss-reactive ketones (excluding diaryl/α,β-unsaturated/α-hetero) is 2. The fraction of sp³-hybridized carbons (Fsp3) is 0.846. The van der Waals surface area contributed by atoms with E-state index in [1.165, 1.54) is 0 Å². The van der Waals surface area contributed by atoms with Crippen LogP contribution in [0.1, 0.15) is 39.0 Å². The number of carbonyl (C=O) groups excluding carboxylic acids is 2. The minimum Gasteiger partial charge on any atom is -0.373 e. The molecule has 0 aromatic rings. The SMILES string of the molecule is CO[C@@H]1C(=O)C[C@H](C)CC(=O)[C@@H]2CCC[C@@H]12. The van der Waals surface area contributed by atoms with Gasteiger partial charge in [-0.3, -0.25) is 9.59 Å². The minimum absolute atomic E-state index is 0.0802. The highest BCUT2D eigenvalue weighted by molar-refractivity contribution is 5.89. The molecule has 2 rings (SSSR count). The molecular weight excluding hydrogens is 204 g/mol. The van der Waals surface area contributed by atoms with Crippen LogP contribution in [0.2, 0.25) is 0 Å². The molecule has 0 aromatic carbocycles. The molecule has 3 heteroatoms. The molecule has 0 N–H and O–H groups in total. The zero-order chi connectivity index (χ0) is 11.7. The predicted molar refractivity (Wildman–Crippen MR) is 60.0 cm³/mol. The van der Waals surface area contributed by atoms with Crippen molar-refractivity contribution in [2.75, 3.05) is 7.11 Å². The Labute approximate surface area is 96.5 Å². The predicted octanol–water partition coefficient (Wildman–Crippen LogP) is 1.99. The number of ether oxygens (including phenoxy) is 1. The Morgan fingerprint density at radius 1 is 1.12 bits per heavy atom. The van der Waals surface area contributed by atoms with E-state index in [0.717, 1.165) is 19.3 Å². The molecular formula is C13H20O3. The molecule has 4 atom stereocenters.